The van der Waals surface area contributed by atoms with Gasteiger partial charge in [-0.05, 0) is 36.2 Å². The lowest BCUT2D eigenvalue weighted by atomic mass is 9.61. The predicted octanol–water partition coefficient (Wildman–Crippen LogP) is 3.67. The van der Waals surface area contributed by atoms with Gasteiger partial charge in [0.25, 0.3) is 0 Å². The molecule has 0 heterocycles. The first-order valence-corrected chi connectivity index (χ1v) is 9.73. The Kier molecular flexibility index (Phi) is 8.03. The average Bonchev–Trinajstić information content (AvgIpc) is 2.69. The van der Waals surface area contributed by atoms with Crippen molar-refractivity contribution in [1.29, 1.82) is 0 Å². The molecule has 0 spiro atoms. The van der Waals surface area contributed by atoms with Gasteiger partial charge >= 0.3 is 17.9 Å². The van der Waals surface area contributed by atoms with Gasteiger partial charge in [0, 0.05) is 6.42 Å². The maximum Gasteiger partial charge on any atom is 0.309 e. The molecular formula is C22H30O6. The van der Waals surface area contributed by atoms with E-state index in [0.717, 1.165) is 24.8 Å². The molecule has 0 aromatic heterocycles. The van der Waals surface area contributed by atoms with Crippen LogP contribution in [0, 0.1) is 17.3 Å². The summed E-state index contributed by atoms with van der Waals surface area (Å²) in [6.07, 6.45) is 3.86. The van der Waals surface area contributed by atoms with Gasteiger partial charge in [-0.25, -0.2) is 0 Å². The van der Waals surface area contributed by atoms with E-state index in [0.29, 0.717) is 12.8 Å². The smallest absolute Gasteiger partial charge is 0.309 e. The van der Waals surface area contributed by atoms with E-state index in [1.807, 2.05) is 30.3 Å². The molecule has 2 unspecified atom stereocenters. The third-order valence-corrected chi connectivity index (χ3v) is 5.82. The van der Waals surface area contributed by atoms with Crippen LogP contribution in [0.25, 0.3) is 0 Å². The first kappa shape index (κ1) is 21.9. The van der Waals surface area contributed by atoms with Crippen LogP contribution in [0.1, 0.15) is 51.0 Å². The first-order chi connectivity index (χ1) is 13.4. The molecule has 1 aliphatic rings. The van der Waals surface area contributed by atoms with E-state index in [-0.39, 0.29) is 42.3 Å². The van der Waals surface area contributed by atoms with Crippen LogP contribution in [-0.2, 0) is 35.2 Å². The zero-order valence-corrected chi connectivity index (χ0v) is 16.9. The van der Waals surface area contributed by atoms with Crippen LogP contribution in [0.3, 0.4) is 0 Å². The van der Waals surface area contributed by atoms with E-state index in [2.05, 4.69) is 0 Å². The largest absolute Gasteiger partial charge is 0.469 e. The Labute approximate surface area is 166 Å². The maximum atomic E-state index is 12.6. The average molecular weight is 390 g/mol. The molecule has 1 aliphatic carbocycles. The van der Waals surface area contributed by atoms with Crippen molar-refractivity contribution in [3.05, 3.63) is 35.9 Å². The number of carbonyl (C=O) groups is 3. The van der Waals surface area contributed by atoms with Gasteiger partial charge in [-0.15, -0.1) is 0 Å². The molecule has 28 heavy (non-hydrogen) atoms. The van der Waals surface area contributed by atoms with Gasteiger partial charge < -0.3 is 14.2 Å². The van der Waals surface area contributed by atoms with Gasteiger partial charge in [0.2, 0.25) is 0 Å². The van der Waals surface area contributed by atoms with Crippen molar-refractivity contribution in [2.45, 2.75) is 52.1 Å². The van der Waals surface area contributed by atoms with Crippen molar-refractivity contribution in [3.8, 4) is 0 Å². The van der Waals surface area contributed by atoms with E-state index >= 15 is 0 Å². The van der Waals surface area contributed by atoms with E-state index in [1.54, 1.807) is 6.92 Å². The van der Waals surface area contributed by atoms with Crippen LogP contribution in [-0.4, -0.2) is 32.1 Å². The fourth-order valence-electron chi connectivity index (χ4n) is 3.84. The topological polar surface area (TPSA) is 78.9 Å². The Balaban J connectivity index is 2.04. The third-order valence-electron chi connectivity index (χ3n) is 5.82. The molecule has 0 bridgehead atoms. The zero-order valence-electron chi connectivity index (χ0n) is 16.9. The Morgan fingerprint density at radius 3 is 2.21 bits per heavy atom. The van der Waals surface area contributed by atoms with Crippen molar-refractivity contribution in [3.63, 3.8) is 0 Å². The second kappa shape index (κ2) is 10.2. The number of benzene rings is 1. The van der Waals surface area contributed by atoms with Crippen molar-refractivity contribution in [1.82, 2.24) is 0 Å². The summed E-state index contributed by atoms with van der Waals surface area (Å²) < 4.78 is 15.1. The minimum atomic E-state index is -0.474. The maximum absolute atomic E-state index is 12.6. The van der Waals surface area contributed by atoms with Crippen molar-refractivity contribution in [2.24, 2.45) is 17.3 Å². The van der Waals surface area contributed by atoms with E-state index < -0.39 is 5.92 Å². The normalized spacial score (nSPS) is 17.0. The number of esters is 3. The second-order valence-electron chi connectivity index (χ2n) is 7.73. The number of hydrogen-bond acceptors (Lipinski definition) is 6. The van der Waals surface area contributed by atoms with Crippen molar-refractivity contribution < 1.29 is 28.6 Å². The van der Waals surface area contributed by atoms with Crippen LogP contribution >= 0.6 is 0 Å². The summed E-state index contributed by atoms with van der Waals surface area (Å²) in [4.78, 5) is 36.4. The van der Waals surface area contributed by atoms with Crippen LogP contribution in [0.4, 0.5) is 0 Å². The van der Waals surface area contributed by atoms with Crippen molar-refractivity contribution in [2.75, 3.05) is 14.2 Å². The summed E-state index contributed by atoms with van der Waals surface area (Å²) in [5, 5.41) is 0. The lowest BCUT2D eigenvalue weighted by Gasteiger charge is -2.44. The van der Waals surface area contributed by atoms with Crippen molar-refractivity contribution >= 4 is 17.9 Å². The number of rotatable bonds is 10. The molecule has 2 atom stereocenters. The molecule has 0 saturated heterocycles. The molecule has 2 rings (SSSR count). The molecular weight excluding hydrogens is 360 g/mol. The van der Waals surface area contributed by atoms with Gasteiger partial charge in [0.1, 0.15) is 6.61 Å². The molecule has 1 fully saturated rings. The van der Waals surface area contributed by atoms with Crippen LogP contribution in [0.15, 0.2) is 30.3 Å². The summed E-state index contributed by atoms with van der Waals surface area (Å²) in [6, 6.07) is 9.46. The zero-order chi connectivity index (χ0) is 20.6. The highest BCUT2D eigenvalue weighted by Crippen LogP contribution is 2.50. The van der Waals surface area contributed by atoms with E-state index in [1.165, 1.54) is 14.2 Å². The molecule has 1 saturated carbocycles. The molecule has 0 radical (unpaired) electrons. The highest BCUT2D eigenvalue weighted by Gasteiger charge is 2.43. The number of carbonyl (C=O) groups excluding carboxylic acids is 3. The number of methoxy groups -OCH3 is 2. The van der Waals surface area contributed by atoms with Crippen LogP contribution in [0.2, 0.25) is 0 Å². The van der Waals surface area contributed by atoms with Gasteiger partial charge in [-0.3, -0.25) is 14.4 Å². The van der Waals surface area contributed by atoms with E-state index in [4.69, 9.17) is 14.2 Å². The standard InChI is InChI=1S/C22H30O6/c1-16(21(25)28-15-17-8-5-4-6-9-17)18(12-19(23)26-2)13-22(10-7-11-22)14-20(24)27-3/h4-6,8-9,16,18H,7,10-15H2,1-3H3. The summed E-state index contributed by atoms with van der Waals surface area (Å²) in [5.74, 6) is -1.68. The fraction of sp³-hybridized carbons (Fsp3) is 0.591. The molecule has 1 aromatic carbocycles. The minimum Gasteiger partial charge on any atom is -0.469 e. The highest BCUT2D eigenvalue weighted by molar-refractivity contribution is 5.75. The third kappa shape index (κ3) is 6.08. The SMILES string of the molecule is COC(=O)CC(CC1(CC(=O)OC)CCC1)C(C)C(=O)OCc1ccccc1. The Hall–Kier alpha value is -2.37. The predicted molar refractivity (Wildman–Crippen MR) is 103 cm³/mol. The Morgan fingerprint density at radius 2 is 1.68 bits per heavy atom. The molecule has 6 heteroatoms. The molecule has 0 N–H and O–H groups in total. The highest BCUT2D eigenvalue weighted by atomic mass is 16.5. The summed E-state index contributed by atoms with van der Waals surface area (Å²) in [6.45, 7) is 1.98. The molecule has 154 valence electrons. The van der Waals surface area contributed by atoms with Gasteiger partial charge in [0.15, 0.2) is 0 Å². The van der Waals surface area contributed by atoms with Gasteiger partial charge in [-0.2, -0.15) is 0 Å². The number of hydrogen-bond donors (Lipinski definition) is 0. The number of ether oxygens (including phenoxy) is 3. The fourth-order valence-corrected chi connectivity index (χ4v) is 3.84. The first-order valence-electron chi connectivity index (χ1n) is 9.73. The van der Waals surface area contributed by atoms with Crippen LogP contribution < -0.4 is 0 Å². The minimum absolute atomic E-state index is 0.126. The lowest BCUT2D eigenvalue weighted by Crippen LogP contribution is -2.38. The molecule has 6 nitrogen and oxygen atoms in total. The van der Waals surface area contributed by atoms with E-state index in [9.17, 15) is 14.4 Å². The Morgan fingerprint density at radius 1 is 1.04 bits per heavy atom. The lowest BCUT2D eigenvalue weighted by molar-refractivity contribution is -0.154. The molecule has 0 aliphatic heterocycles. The second-order valence-corrected chi connectivity index (χ2v) is 7.73. The summed E-state index contributed by atoms with van der Waals surface area (Å²) in [7, 11) is 2.72. The molecule has 0 amide bonds. The van der Waals surface area contributed by atoms with Gasteiger partial charge in [0.05, 0.1) is 26.6 Å². The monoisotopic (exact) mass is 390 g/mol. The molecule has 1 aromatic rings. The summed E-state index contributed by atoms with van der Waals surface area (Å²) >= 11 is 0. The van der Waals surface area contributed by atoms with Gasteiger partial charge in [-0.1, -0.05) is 43.7 Å². The van der Waals surface area contributed by atoms with Crippen LogP contribution in [0.5, 0.6) is 0 Å². The quantitative estimate of drug-likeness (QED) is 0.448. The summed E-state index contributed by atoms with van der Waals surface area (Å²) in [5.41, 5.74) is 0.702. The Bertz CT molecular complexity index is 665.